The number of fused-ring (bicyclic) bond motifs is 3. The molecule has 2 aromatic rings. The number of ether oxygens (including phenoxy) is 2. The van der Waals surface area contributed by atoms with Gasteiger partial charge in [0, 0.05) is 19.0 Å². The third-order valence-corrected chi connectivity index (χ3v) is 5.87. The van der Waals surface area contributed by atoms with Crippen molar-refractivity contribution in [3.63, 3.8) is 0 Å². The van der Waals surface area contributed by atoms with Gasteiger partial charge in [-0.1, -0.05) is 48.5 Å². The van der Waals surface area contributed by atoms with Gasteiger partial charge in [-0.3, -0.25) is 4.90 Å². The fourth-order valence-corrected chi connectivity index (χ4v) is 4.37. The van der Waals surface area contributed by atoms with E-state index in [2.05, 4.69) is 12.1 Å². The Morgan fingerprint density at radius 2 is 1.52 bits per heavy atom. The number of carbonyl (C=O) groups excluding carboxylic acids is 3. The van der Waals surface area contributed by atoms with Crippen molar-refractivity contribution in [1.29, 1.82) is 0 Å². The molecule has 0 radical (unpaired) electrons. The monoisotopic (exact) mass is 451 g/mol. The molecule has 0 bridgehead atoms. The predicted molar refractivity (Wildman–Crippen MR) is 118 cm³/mol. The van der Waals surface area contributed by atoms with Gasteiger partial charge in [-0.2, -0.15) is 0 Å². The van der Waals surface area contributed by atoms with Crippen LogP contribution < -0.4 is 5.11 Å². The number of hydrogen-bond acceptors (Lipinski definition) is 6. The molecule has 8 heteroatoms. The zero-order chi connectivity index (χ0) is 23.8. The molecule has 2 aliphatic rings. The molecule has 0 saturated carbocycles. The fraction of sp³-hybridized carbons (Fsp3) is 0.400. The summed E-state index contributed by atoms with van der Waals surface area (Å²) in [5.41, 5.74) is 3.66. The summed E-state index contributed by atoms with van der Waals surface area (Å²) in [6.07, 6.45) is -1.36. The normalized spacial score (nSPS) is 17.8. The summed E-state index contributed by atoms with van der Waals surface area (Å²) in [7, 11) is 0. The van der Waals surface area contributed by atoms with E-state index in [9.17, 15) is 19.5 Å². The van der Waals surface area contributed by atoms with Crippen LogP contribution in [0.3, 0.4) is 0 Å². The molecule has 0 N–H and O–H groups in total. The van der Waals surface area contributed by atoms with Crippen LogP contribution >= 0.6 is 0 Å². The largest absolute Gasteiger partial charge is 0.548 e. The first kappa shape index (κ1) is 22.6. The molecule has 1 aliphatic carbocycles. The van der Waals surface area contributed by atoms with Crippen LogP contribution in [-0.4, -0.2) is 65.8 Å². The summed E-state index contributed by atoms with van der Waals surface area (Å²) in [4.78, 5) is 39.3. The first-order valence-corrected chi connectivity index (χ1v) is 11.0. The van der Waals surface area contributed by atoms with Gasteiger partial charge in [-0.05, 0) is 43.0 Å². The Balaban J connectivity index is 1.43. The number of aliphatic carboxylic acids is 1. The second-order valence-corrected chi connectivity index (χ2v) is 9.26. The number of benzene rings is 2. The van der Waals surface area contributed by atoms with Crippen LogP contribution in [0.2, 0.25) is 0 Å². The van der Waals surface area contributed by atoms with E-state index < -0.39 is 29.8 Å². The van der Waals surface area contributed by atoms with Gasteiger partial charge in [-0.25, -0.2) is 9.59 Å². The minimum absolute atomic E-state index is 0.0117. The lowest BCUT2D eigenvalue weighted by Gasteiger charge is -2.41. The maximum Gasteiger partial charge on any atom is 0.410 e. The SMILES string of the molecule is CC(C)(C)OC(=O)N1CCN(C(=O)OCC2c3ccccc3-c3ccccc32)C[C@@H]1C(=O)[O-]. The minimum Gasteiger partial charge on any atom is -0.548 e. The molecule has 0 unspecified atom stereocenters. The highest BCUT2D eigenvalue weighted by Gasteiger charge is 2.37. The van der Waals surface area contributed by atoms with Crippen LogP contribution in [0.25, 0.3) is 11.1 Å². The summed E-state index contributed by atoms with van der Waals surface area (Å²) in [6.45, 7) is 5.16. The van der Waals surface area contributed by atoms with Crippen molar-refractivity contribution in [3.8, 4) is 11.1 Å². The van der Waals surface area contributed by atoms with E-state index in [0.29, 0.717) is 0 Å². The lowest BCUT2D eigenvalue weighted by molar-refractivity contribution is -0.312. The summed E-state index contributed by atoms with van der Waals surface area (Å²) in [5.74, 6) is -1.54. The smallest absolute Gasteiger partial charge is 0.410 e. The topological polar surface area (TPSA) is 99.2 Å². The van der Waals surface area contributed by atoms with Crippen LogP contribution in [0.5, 0.6) is 0 Å². The molecule has 8 nitrogen and oxygen atoms in total. The van der Waals surface area contributed by atoms with Gasteiger partial charge in [-0.15, -0.1) is 0 Å². The second-order valence-electron chi connectivity index (χ2n) is 9.26. The molecular formula is C25H27N2O6-. The fourth-order valence-electron chi connectivity index (χ4n) is 4.37. The number of nitrogens with zero attached hydrogens (tertiary/aromatic N) is 2. The van der Waals surface area contributed by atoms with Crippen LogP contribution in [0.15, 0.2) is 48.5 Å². The van der Waals surface area contributed by atoms with Crippen molar-refractivity contribution in [3.05, 3.63) is 59.7 Å². The maximum atomic E-state index is 12.8. The van der Waals surface area contributed by atoms with Gasteiger partial charge in [0.05, 0.1) is 18.6 Å². The van der Waals surface area contributed by atoms with E-state index in [4.69, 9.17) is 9.47 Å². The van der Waals surface area contributed by atoms with Crippen molar-refractivity contribution in [1.82, 2.24) is 9.80 Å². The number of piperazine rings is 1. The van der Waals surface area contributed by atoms with Crippen molar-refractivity contribution in [2.75, 3.05) is 26.2 Å². The summed E-state index contributed by atoms with van der Waals surface area (Å²) in [6, 6.07) is 14.7. The molecule has 2 aromatic carbocycles. The zero-order valence-corrected chi connectivity index (χ0v) is 18.9. The van der Waals surface area contributed by atoms with E-state index in [-0.39, 0.29) is 32.2 Å². The van der Waals surface area contributed by atoms with E-state index in [1.54, 1.807) is 20.8 Å². The molecule has 0 spiro atoms. The predicted octanol–water partition coefficient (Wildman–Crippen LogP) is 2.61. The molecule has 1 saturated heterocycles. The van der Waals surface area contributed by atoms with Gasteiger partial charge in [0.2, 0.25) is 0 Å². The van der Waals surface area contributed by atoms with Crippen LogP contribution in [-0.2, 0) is 14.3 Å². The quantitative estimate of drug-likeness (QED) is 0.711. The average Bonchev–Trinajstić information content (AvgIpc) is 3.09. The first-order chi connectivity index (χ1) is 15.7. The lowest BCUT2D eigenvalue weighted by Crippen LogP contribution is -2.62. The molecular weight excluding hydrogens is 424 g/mol. The van der Waals surface area contributed by atoms with Gasteiger partial charge in [0.15, 0.2) is 0 Å². The number of carbonyl (C=O) groups is 3. The molecule has 33 heavy (non-hydrogen) atoms. The number of carboxylic acid groups (broad SMARTS) is 1. The Morgan fingerprint density at radius 3 is 2.06 bits per heavy atom. The highest BCUT2D eigenvalue weighted by Crippen LogP contribution is 2.44. The molecule has 2 amide bonds. The molecule has 4 rings (SSSR count). The summed E-state index contributed by atoms with van der Waals surface area (Å²) < 4.78 is 10.9. The lowest BCUT2D eigenvalue weighted by atomic mass is 9.98. The molecule has 1 aliphatic heterocycles. The number of hydrogen-bond donors (Lipinski definition) is 0. The van der Waals surface area contributed by atoms with Crippen molar-refractivity contribution >= 4 is 18.2 Å². The highest BCUT2D eigenvalue weighted by molar-refractivity contribution is 5.81. The van der Waals surface area contributed by atoms with E-state index in [0.717, 1.165) is 27.2 Å². The third kappa shape index (κ3) is 4.65. The Hall–Kier alpha value is -3.55. The van der Waals surface area contributed by atoms with Crippen molar-refractivity contribution < 1.29 is 29.0 Å². The van der Waals surface area contributed by atoms with Crippen LogP contribution in [0, 0.1) is 0 Å². The zero-order valence-electron chi connectivity index (χ0n) is 18.9. The van der Waals surface area contributed by atoms with Gasteiger partial charge in [0.25, 0.3) is 0 Å². The van der Waals surface area contributed by atoms with Gasteiger partial charge >= 0.3 is 12.2 Å². The Kier molecular flexibility index (Phi) is 6.01. The Morgan fingerprint density at radius 1 is 0.939 bits per heavy atom. The standard InChI is InChI=1S/C25H28N2O6/c1-25(2,3)33-24(31)27-13-12-26(14-21(27)22(28)29)23(30)32-15-20-18-10-6-4-8-16(18)17-9-5-7-11-19(17)20/h4-11,20-21H,12-15H2,1-3H3,(H,28,29)/p-1/t21-/m1/s1. The second kappa shape index (κ2) is 8.77. The summed E-state index contributed by atoms with van der Waals surface area (Å²) in [5, 5.41) is 11.7. The molecule has 174 valence electrons. The third-order valence-electron chi connectivity index (χ3n) is 5.87. The van der Waals surface area contributed by atoms with E-state index in [1.165, 1.54) is 4.90 Å². The minimum atomic E-state index is -1.45. The molecule has 0 aromatic heterocycles. The Bertz CT molecular complexity index is 1030. The first-order valence-electron chi connectivity index (χ1n) is 11.0. The molecule has 1 heterocycles. The van der Waals surface area contributed by atoms with Crippen molar-refractivity contribution in [2.45, 2.75) is 38.3 Å². The number of carboxylic acids is 1. The molecule has 1 atom stereocenters. The average molecular weight is 451 g/mol. The number of amides is 2. The van der Waals surface area contributed by atoms with Gasteiger partial charge in [0.1, 0.15) is 12.2 Å². The van der Waals surface area contributed by atoms with Crippen LogP contribution in [0.4, 0.5) is 9.59 Å². The summed E-state index contributed by atoms with van der Waals surface area (Å²) >= 11 is 0. The van der Waals surface area contributed by atoms with Crippen LogP contribution in [0.1, 0.15) is 37.8 Å². The highest BCUT2D eigenvalue weighted by atomic mass is 16.6. The maximum absolute atomic E-state index is 12.8. The van der Waals surface area contributed by atoms with E-state index in [1.807, 2.05) is 36.4 Å². The number of rotatable bonds is 3. The van der Waals surface area contributed by atoms with Crippen molar-refractivity contribution in [2.24, 2.45) is 0 Å². The molecule has 1 fully saturated rings. The van der Waals surface area contributed by atoms with E-state index >= 15 is 0 Å². The van der Waals surface area contributed by atoms with Gasteiger partial charge < -0.3 is 24.3 Å². The Labute approximate surface area is 192 Å².